The van der Waals surface area contributed by atoms with Gasteiger partial charge in [-0.05, 0) is 53.4 Å². The van der Waals surface area contributed by atoms with Gasteiger partial charge in [-0.3, -0.25) is 0 Å². The molecule has 0 amide bonds. The van der Waals surface area contributed by atoms with E-state index in [1.165, 1.54) is 27.8 Å². The maximum atomic E-state index is 5.23. The number of furan rings is 1. The zero-order valence-electron chi connectivity index (χ0n) is 12.0. The number of hydrogen-bond donors (Lipinski definition) is 1. The maximum Gasteiger partial charge on any atom is 0.0953 e. The summed E-state index contributed by atoms with van der Waals surface area (Å²) in [7, 11) is 1.98. The molecule has 1 heterocycles. The van der Waals surface area contributed by atoms with Crippen LogP contribution in [0.15, 0.2) is 65.5 Å². The predicted octanol–water partition coefficient (Wildman–Crippen LogP) is 4.16. The average molecular weight is 275 g/mol. The van der Waals surface area contributed by atoms with E-state index in [-0.39, 0.29) is 6.04 Å². The first-order valence-electron chi connectivity index (χ1n) is 7.27. The Labute approximate surface area is 124 Å². The van der Waals surface area contributed by atoms with Crippen LogP contribution in [0.4, 0.5) is 0 Å². The maximum absolute atomic E-state index is 5.23. The third kappa shape index (κ3) is 1.99. The molecule has 0 aliphatic heterocycles. The van der Waals surface area contributed by atoms with Gasteiger partial charge in [0.2, 0.25) is 0 Å². The van der Waals surface area contributed by atoms with Crippen LogP contribution in [0.1, 0.15) is 28.3 Å². The van der Waals surface area contributed by atoms with Crippen LogP contribution in [0.2, 0.25) is 0 Å². The Morgan fingerprint density at radius 3 is 2.62 bits per heavy atom. The summed E-state index contributed by atoms with van der Waals surface area (Å²) in [6.07, 6.45) is 4.58. The van der Waals surface area contributed by atoms with E-state index in [1.807, 2.05) is 19.4 Å². The van der Waals surface area contributed by atoms with Gasteiger partial charge in [0.1, 0.15) is 0 Å². The van der Waals surface area contributed by atoms with Gasteiger partial charge in [0, 0.05) is 5.56 Å². The van der Waals surface area contributed by atoms with Crippen molar-refractivity contribution in [1.82, 2.24) is 5.32 Å². The van der Waals surface area contributed by atoms with E-state index in [0.717, 1.165) is 12.0 Å². The Kier molecular flexibility index (Phi) is 2.90. The van der Waals surface area contributed by atoms with Crippen molar-refractivity contribution in [1.29, 1.82) is 0 Å². The van der Waals surface area contributed by atoms with Crippen LogP contribution in [-0.4, -0.2) is 7.05 Å². The lowest BCUT2D eigenvalue weighted by atomic mass is 9.96. The first kappa shape index (κ1) is 12.4. The quantitative estimate of drug-likeness (QED) is 0.607. The summed E-state index contributed by atoms with van der Waals surface area (Å²) in [6, 6.07) is 17.7. The van der Waals surface area contributed by atoms with Crippen molar-refractivity contribution in [3.05, 3.63) is 83.3 Å². The van der Waals surface area contributed by atoms with Gasteiger partial charge in [-0.15, -0.1) is 0 Å². The fourth-order valence-electron chi connectivity index (χ4n) is 3.29. The molecule has 0 saturated carbocycles. The third-order valence-corrected chi connectivity index (χ3v) is 4.32. The van der Waals surface area contributed by atoms with Gasteiger partial charge in [-0.1, -0.05) is 36.4 Å². The van der Waals surface area contributed by atoms with E-state index in [2.05, 4.69) is 47.8 Å². The SMILES string of the molecule is CNC(c1ccoc1)c1ccc2c(c1)-c1ccccc1C2. The molecule has 0 spiro atoms. The summed E-state index contributed by atoms with van der Waals surface area (Å²) in [4.78, 5) is 0. The molecular weight excluding hydrogens is 258 g/mol. The van der Waals surface area contributed by atoms with Crippen LogP contribution in [-0.2, 0) is 6.42 Å². The third-order valence-electron chi connectivity index (χ3n) is 4.32. The fourth-order valence-corrected chi connectivity index (χ4v) is 3.29. The molecule has 2 aromatic carbocycles. The smallest absolute Gasteiger partial charge is 0.0953 e. The molecule has 2 nitrogen and oxygen atoms in total. The molecule has 104 valence electrons. The Morgan fingerprint density at radius 1 is 0.952 bits per heavy atom. The zero-order valence-corrected chi connectivity index (χ0v) is 12.0. The predicted molar refractivity (Wildman–Crippen MR) is 84.3 cm³/mol. The molecule has 0 bridgehead atoms. The Bertz CT molecular complexity index is 774. The Morgan fingerprint density at radius 2 is 1.81 bits per heavy atom. The lowest BCUT2D eigenvalue weighted by Gasteiger charge is -2.16. The van der Waals surface area contributed by atoms with Crippen LogP contribution in [0, 0.1) is 0 Å². The molecule has 0 saturated heterocycles. The minimum absolute atomic E-state index is 0.168. The molecule has 1 unspecified atom stereocenters. The minimum Gasteiger partial charge on any atom is -0.472 e. The summed E-state index contributed by atoms with van der Waals surface area (Å²) in [6.45, 7) is 0. The summed E-state index contributed by atoms with van der Waals surface area (Å²) in [5, 5.41) is 3.38. The van der Waals surface area contributed by atoms with Crippen molar-refractivity contribution in [3.8, 4) is 11.1 Å². The summed E-state index contributed by atoms with van der Waals surface area (Å²) in [5.74, 6) is 0. The number of benzene rings is 2. The van der Waals surface area contributed by atoms with Gasteiger partial charge in [0.15, 0.2) is 0 Å². The van der Waals surface area contributed by atoms with E-state index in [1.54, 1.807) is 6.26 Å². The topological polar surface area (TPSA) is 25.2 Å². The highest BCUT2D eigenvalue weighted by atomic mass is 16.3. The second-order valence-corrected chi connectivity index (χ2v) is 5.53. The van der Waals surface area contributed by atoms with Gasteiger partial charge < -0.3 is 9.73 Å². The normalized spacial score (nSPS) is 13.8. The molecule has 1 atom stereocenters. The van der Waals surface area contributed by atoms with Crippen molar-refractivity contribution in [2.24, 2.45) is 0 Å². The zero-order chi connectivity index (χ0) is 14.2. The van der Waals surface area contributed by atoms with E-state index in [9.17, 15) is 0 Å². The van der Waals surface area contributed by atoms with E-state index in [4.69, 9.17) is 4.42 Å². The van der Waals surface area contributed by atoms with Gasteiger partial charge in [0.25, 0.3) is 0 Å². The largest absolute Gasteiger partial charge is 0.472 e. The highest BCUT2D eigenvalue weighted by Gasteiger charge is 2.20. The highest BCUT2D eigenvalue weighted by Crippen LogP contribution is 2.38. The van der Waals surface area contributed by atoms with Gasteiger partial charge in [-0.25, -0.2) is 0 Å². The molecule has 0 radical (unpaired) electrons. The summed E-state index contributed by atoms with van der Waals surface area (Å²) < 4.78 is 5.23. The van der Waals surface area contributed by atoms with E-state index in [0.29, 0.717) is 0 Å². The Hall–Kier alpha value is -2.32. The first-order valence-corrected chi connectivity index (χ1v) is 7.27. The molecule has 1 aliphatic carbocycles. The number of hydrogen-bond acceptors (Lipinski definition) is 2. The van der Waals surface area contributed by atoms with E-state index >= 15 is 0 Å². The average Bonchev–Trinajstić information content (AvgIpc) is 3.15. The summed E-state index contributed by atoms with van der Waals surface area (Å²) >= 11 is 0. The molecule has 2 heteroatoms. The van der Waals surface area contributed by atoms with Crippen LogP contribution >= 0.6 is 0 Å². The van der Waals surface area contributed by atoms with Crippen LogP contribution in [0.3, 0.4) is 0 Å². The number of rotatable bonds is 3. The number of fused-ring (bicyclic) bond motifs is 3. The number of nitrogens with one attached hydrogen (secondary N) is 1. The van der Waals surface area contributed by atoms with Crippen molar-refractivity contribution in [3.63, 3.8) is 0 Å². The van der Waals surface area contributed by atoms with Crippen LogP contribution in [0.25, 0.3) is 11.1 Å². The van der Waals surface area contributed by atoms with Crippen molar-refractivity contribution >= 4 is 0 Å². The molecule has 1 N–H and O–H groups in total. The molecular formula is C19H17NO. The lowest BCUT2D eigenvalue weighted by molar-refractivity contribution is 0.557. The minimum atomic E-state index is 0.168. The highest BCUT2D eigenvalue weighted by molar-refractivity contribution is 5.77. The lowest BCUT2D eigenvalue weighted by Crippen LogP contribution is -2.17. The Balaban J connectivity index is 1.81. The van der Waals surface area contributed by atoms with Crippen LogP contribution in [0.5, 0.6) is 0 Å². The van der Waals surface area contributed by atoms with Gasteiger partial charge >= 0.3 is 0 Å². The molecule has 21 heavy (non-hydrogen) atoms. The van der Waals surface area contributed by atoms with Crippen molar-refractivity contribution in [2.75, 3.05) is 7.05 Å². The molecule has 1 aromatic heterocycles. The van der Waals surface area contributed by atoms with Crippen molar-refractivity contribution < 1.29 is 4.42 Å². The first-order chi connectivity index (χ1) is 10.4. The molecule has 1 aliphatic rings. The standard InChI is InChI=1S/C19H17NO/c1-20-19(16-8-9-21-12-16)15-7-6-14-10-13-4-2-3-5-17(13)18(14)11-15/h2-9,11-12,19-20H,10H2,1H3. The van der Waals surface area contributed by atoms with Crippen molar-refractivity contribution in [2.45, 2.75) is 12.5 Å². The van der Waals surface area contributed by atoms with E-state index < -0.39 is 0 Å². The molecule has 3 aromatic rings. The molecule has 4 rings (SSSR count). The second-order valence-electron chi connectivity index (χ2n) is 5.53. The summed E-state index contributed by atoms with van der Waals surface area (Å²) in [5.41, 5.74) is 8.01. The monoisotopic (exact) mass is 275 g/mol. The van der Waals surface area contributed by atoms with Gasteiger partial charge in [-0.2, -0.15) is 0 Å². The second kappa shape index (κ2) is 4.90. The van der Waals surface area contributed by atoms with Gasteiger partial charge in [0.05, 0.1) is 18.6 Å². The molecule has 0 fully saturated rings. The van der Waals surface area contributed by atoms with Crippen LogP contribution < -0.4 is 5.32 Å². The fraction of sp³-hybridized carbons (Fsp3) is 0.158.